The summed E-state index contributed by atoms with van der Waals surface area (Å²) in [5.41, 5.74) is 1.30. The Bertz CT molecular complexity index is 1100. The van der Waals surface area contributed by atoms with Gasteiger partial charge in [-0.2, -0.15) is 10.1 Å². The van der Waals surface area contributed by atoms with Crippen molar-refractivity contribution in [1.82, 2.24) is 24.8 Å². The average molecular weight is 440 g/mol. The highest BCUT2D eigenvalue weighted by Gasteiger charge is 2.30. The lowest BCUT2D eigenvalue weighted by molar-refractivity contribution is 0.0198. The third kappa shape index (κ3) is 4.34. The Morgan fingerprint density at radius 3 is 2.72 bits per heavy atom. The molecule has 2 aromatic heterocycles. The van der Waals surface area contributed by atoms with E-state index in [1.807, 2.05) is 43.7 Å². The van der Waals surface area contributed by atoms with Crippen molar-refractivity contribution < 1.29 is 18.8 Å². The van der Waals surface area contributed by atoms with Gasteiger partial charge in [-0.05, 0) is 46.1 Å². The second kappa shape index (κ2) is 8.20. The van der Waals surface area contributed by atoms with E-state index in [1.54, 1.807) is 4.90 Å². The second-order valence-electron chi connectivity index (χ2n) is 9.60. The van der Waals surface area contributed by atoms with Gasteiger partial charge in [-0.1, -0.05) is 17.3 Å². The molecule has 0 radical (unpaired) electrons. The maximum Gasteiger partial charge on any atom is 0.410 e. The highest BCUT2D eigenvalue weighted by Crippen LogP contribution is 2.30. The van der Waals surface area contributed by atoms with Crippen molar-refractivity contribution in [3.05, 3.63) is 30.3 Å². The Labute approximate surface area is 186 Å². The Morgan fingerprint density at radius 2 is 2.00 bits per heavy atom. The summed E-state index contributed by atoms with van der Waals surface area (Å²) in [6.07, 6.45) is 4.33. The number of nitrogens with zero attached hydrogens (tertiary/aromatic N) is 5. The number of fused-ring (bicyclic) bond motifs is 1. The smallest absolute Gasteiger partial charge is 0.410 e. The largest absolute Gasteiger partial charge is 0.444 e. The number of amides is 1. The topological polar surface area (TPSA) is 95.5 Å². The van der Waals surface area contributed by atoms with Gasteiger partial charge in [-0.3, -0.25) is 4.68 Å². The van der Waals surface area contributed by atoms with Crippen molar-refractivity contribution in [2.24, 2.45) is 0 Å². The molecule has 9 heteroatoms. The molecule has 1 aromatic carbocycles. The Balaban J connectivity index is 1.26. The van der Waals surface area contributed by atoms with Gasteiger partial charge < -0.3 is 18.9 Å². The van der Waals surface area contributed by atoms with E-state index in [0.717, 1.165) is 42.3 Å². The van der Waals surface area contributed by atoms with Crippen molar-refractivity contribution in [2.75, 3.05) is 26.3 Å². The molecule has 3 aromatic rings. The lowest BCUT2D eigenvalue weighted by Crippen LogP contribution is -2.41. The van der Waals surface area contributed by atoms with E-state index in [1.165, 1.54) is 0 Å². The predicted molar refractivity (Wildman–Crippen MR) is 117 cm³/mol. The molecule has 2 saturated heterocycles. The van der Waals surface area contributed by atoms with Crippen LogP contribution in [0.2, 0.25) is 0 Å². The van der Waals surface area contributed by atoms with Crippen molar-refractivity contribution in [2.45, 2.75) is 57.6 Å². The zero-order valence-corrected chi connectivity index (χ0v) is 18.8. The molecule has 0 spiro atoms. The molecule has 32 heavy (non-hydrogen) atoms. The van der Waals surface area contributed by atoms with E-state index in [0.29, 0.717) is 37.5 Å². The number of rotatable bonds is 3. The van der Waals surface area contributed by atoms with Crippen LogP contribution in [0.3, 0.4) is 0 Å². The van der Waals surface area contributed by atoms with Crippen LogP contribution < -0.4 is 0 Å². The third-order valence-electron chi connectivity index (χ3n) is 6.00. The Kier molecular flexibility index (Phi) is 5.36. The van der Waals surface area contributed by atoms with Crippen LogP contribution in [-0.4, -0.2) is 62.8 Å². The van der Waals surface area contributed by atoms with Gasteiger partial charge in [-0.25, -0.2) is 4.79 Å². The molecule has 2 aliphatic rings. The molecule has 1 unspecified atom stereocenters. The van der Waals surface area contributed by atoms with Crippen LogP contribution in [-0.2, 0) is 9.47 Å². The van der Waals surface area contributed by atoms with Crippen LogP contribution in [0.25, 0.3) is 22.3 Å². The van der Waals surface area contributed by atoms with Crippen LogP contribution >= 0.6 is 0 Å². The molecular formula is C23H29N5O4. The second-order valence-corrected chi connectivity index (χ2v) is 9.60. The number of aromatic nitrogens is 4. The predicted octanol–water partition coefficient (Wildman–Crippen LogP) is 4.16. The van der Waals surface area contributed by atoms with Gasteiger partial charge in [0.25, 0.3) is 0 Å². The molecular weight excluding hydrogens is 410 g/mol. The summed E-state index contributed by atoms with van der Waals surface area (Å²) in [5.74, 6) is 1.33. The first-order chi connectivity index (χ1) is 15.4. The maximum absolute atomic E-state index is 12.3. The summed E-state index contributed by atoms with van der Waals surface area (Å²) < 4.78 is 18.5. The van der Waals surface area contributed by atoms with Crippen molar-refractivity contribution in [3.63, 3.8) is 0 Å². The molecule has 2 aliphatic heterocycles. The van der Waals surface area contributed by atoms with Crippen LogP contribution in [0.5, 0.6) is 0 Å². The van der Waals surface area contributed by atoms with Gasteiger partial charge in [-0.15, -0.1) is 0 Å². The van der Waals surface area contributed by atoms with Gasteiger partial charge in [0.15, 0.2) is 0 Å². The van der Waals surface area contributed by atoms with E-state index < -0.39 is 5.60 Å². The fourth-order valence-corrected chi connectivity index (χ4v) is 4.25. The van der Waals surface area contributed by atoms with Crippen LogP contribution in [0, 0.1) is 0 Å². The SMILES string of the molecule is CC(C)(C)OC(=O)N1CCC(c2nc(-c3ccc4cn(C5CCOC5)nc4c3)no2)CC1. The Hall–Kier alpha value is -2.94. The first-order valence-electron chi connectivity index (χ1n) is 11.2. The highest BCUT2D eigenvalue weighted by molar-refractivity contribution is 5.82. The lowest BCUT2D eigenvalue weighted by Gasteiger charge is -2.32. The van der Waals surface area contributed by atoms with Crippen molar-refractivity contribution >= 4 is 17.0 Å². The molecule has 0 bridgehead atoms. The first kappa shape index (κ1) is 20.9. The number of ether oxygens (including phenoxy) is 2. The van der Waals surface area contributed by atoms with E-state index >= 15 is 0 Å². The number of hydrogen-bond acceptors (Lipinski definition) is 7. The molecule has 1 amide bonds. The number of piperidine rings is 1. The third-order valence-corrected chi connectivity index (χ3v) is 6.00. The average Bonchev–Trinajstić information content (AvgIpc) is 3.52. The first-order valence-corrected chi connectivity index (χ1v) is 11.2. The van der Waals surface area contributed by atoms with E-state index in [-0.39, 0.29) is 12.0 Å². The van der Waals surface area contributed by atoms with Crippen LogP contribution in [0.4, 0.5) is 4.79 Å². The minimum absolute atomic E-state index is 0.139. The summed E-state index contributed by atoms with van der Waals surface area (Å²) in [5, 5.41) is 10.0. The Morgan fingerprint density at radius 1 is 1.19 bits per heavy atom. The van der Waals surface area contributed by atoms with Crippen molar-refractivity contribution in [3.8, 4) is 11.4 Å². The monoisotopic (exact) mass is 439 g/mol. The van der Waals surface area contributed by atoms with Crippen LogP contribution in [0.1, 0.15) is 57.9 Å². The number of carbonyl (C=O) groups excluding carboxylic acids is 1. The van der Waals surface area contributed by atoms with Crippen molar-refractivity contribution in [1.29, 1.82) is 0 Å². The van der Waals surface area contributed by atoms with E-state index in [2.05, 4.69) is 16.3 Å². The fraction of sp³-hybridized carbons (Fsp3) is 0.565. The highest BCUT2D eigenvalue weighted by atomic mass is 16.6. The minimum Gasteiger partial charge on any atom is -0.444 e. The summed E-state index contributed by atoms with van der Waals surface area (Å²) >= 11 is 0. The fourth-order valence-electron chi connectivity index (χ4n) is 4.25. The van der Waals surface area contributed by atoms with Gasteiger partial charge >= 0.3 is 6.09 Å². The normalized spacial score (nSPS) is 20.2. The number of benzene rings is 1. The van der Waals surface area contributed by atoms with Gasteiger partial charge in [0.05, 0.1) is 18.2 Å². The molecule has 4 heterocycles. The zero-order chi connectivity index (χ0) is 22.3. The molecule has 9 nitrogen and oxygen atoms in total. The molecule has 1 atom stereocenters. The van der Waals surface area contributed by atoms with Gasteiger partial charge in [0, 0.05) is 42.8 Å². The molecule has 5 rings (SSSR count). The minimum atomic E-state index is -0.489. The number of hydrogen-bond donors (Lipinski definition) is 0. The molecule has 0 N–H and O–H groups in total. The number of likely N-dealkylation sites (tertiary alicyclic amines) is 1. The standard InChI is InChI=1S/C23H29N5O4/c1-23(2,3)31-22(29)27-9-6-15(7-10-27)21-24-20(26-32-21)16-4-5-17-13-28(25-19(17)12-16)18-8-11-30-14-18/h4-5,12-13,15,18H,6-11,14H2,1-3H3. The summed E-state index contributed by atoms with van der Waals surface area (Å²) in [6.45, 7) is 8.36. The van der Waals surface area contributed by atoms with Crippen LogP contribution in [0.15, 0.2) is 28.9 Å². The van der Waals surface area contributed by atoms with E-state index in [9.17, 15) is 4.79 Å². The molecule has 2 fully saturated rings. The molecule has 170 valence electrons. The molecule has 0 aliphatic carbocycles. The number of carbonyl (C=O) groups is 1. The quantitative estimate of drug-likeness (QED) is 0.604. The summed E-state index contributed by atoms with van der Waals surface area (Å²) in [4.78, 5) is 18.7. The summed E-state index contributed by atoms with van der Waals surface area (Å²) in [7, 11) is 0. The maximum atomic E-state index is 12.3. The molecule has 0 saturated carbocycles. The van der Waals surface area contributed by atoms with E-state index in [4.69, 9.17) is 19.1 Å². The lowest BCUT2D eigenvalue weighted by atomic mass is 9.97. The van der Waals surface area contributed by atoms with Gasteiger partial charge in [0.2, 0.25) is 11.7 Å². The van der Waals surface area contributed by atoms with Gasteiger partial charge in [0.1, 0.15) is 5.60 Å². The summed E-state index contributed by atoms with van der Waals surface area (Å²) in [6, 6.07) is 6.34. The zero-order valence-electron chi connectivity index (χ0n) is 18.8.